The Hall–Kier alpha value is -2.59. The summed E-state index contributed by atoms with van der Waals surface area (Å²) in [4.78, 5) is 13.2. The summed E-state index contributed by atoms with van der Waals surface area (Å²) >= 11 is 8.19. The Morgan fingerprint density at radius 2 is 2.03 bits per heavy atom. The zero-order chi connectivity index (χ0) is 23.6. The summed E-state index contributed by atoms with van der Waals surface area (Å²) in [6.07, 6.45) is 0. The molecule has 2 N–H and O–H groups in total. The molecule has 4 rings (SSSR count). The Bertz CT molecular complexity index is 1290. The quantitative estimate of drug-likeness (QED) is 0.352. The highest BCUT2D eigenvalue weighted by atomic mass is 35.5. The fourth-order valence-electron chi connectivity index (χ4n) is 3.62. The summed E-state index contributed by atoms with van der Waals surface area (Å²) in [5.74, 6) is -0.447. The second-order valence-corrected chi connectivity index (χ2v) is 11.0. The first-order valence-electron chi connectivity index (χ1n) is 10.2. The summed E-state index contributed by atoms with van der Waals surface area (Å²) in [5, 5.41) is 8.97. The molecule has 0 radical (unpaired) electrons. The predicted molar refractivity (Wildman–Crippen MR) is 129 cm³/mol. The number of sulfone groups is 1. The van der Waals surface area contributed by atoms with Gasteiger partial charge in [-0.25, -0.2) is 13.2 Å². The van der Waals surface area contributed by atoms with Gasteiger partial charge in [0.05, 0.1) is 23.4 Å². The number of esters is 1. The zero-order valence-electron chi connectivity index (χ0n) is 18.1. The van der Waals surface area contributed by atoms with Gasteiger partial charge in [0.2, 0.25) is 0 Å². The van der Waals surface area contributed by atoms with Gasteiger partial charge in [-0.05, 0) is 48.2 Å². The molecule has 0 aliphatic carbocycles. The highest BCUT2D eigenvalue weighted by Gasteiger charge is 2.31. The Balaban J connectivity index is 1.55. The summed E-state index contributed by atoms with van der Waals surface area (Å²) in [7, 11) is -2.55. The van der Waals surface area contributed by atoms with Gasteiger partial charge < -0.3 is 20.1 Å². The van der Waals surface area contributed by atoms with Crippen molar-refractivity contribution < 1.29 is 22.7 Å². The maximum absolute atomic E-state index is 13.2. The molecule has 0 bridgehead atoms. The van der Waals surface area contributed by atoms with E-state index in [9.17, 15) is 13.2 Å². The van der Waals surface area contributed by atoms with Crippen molar-refractivity contribution in [3.8, 4) is 11.5 Å². The molecule has 0 unspecified atom stereocenters. The number of aryl methyl sites for hydroxylation is 1. The van der Waals surface area contributed by atoms with Crippen molar-refractivity contribution in [2.24, 2.45) is 0 Å². The molecule has 3 aromatic rings. The van der Waals surface area contributed by atoms with E-state index in [0.29, 0.717) is 34.1 Å². The number of ether oxygens (including phenoxy) is 2. The van der Waals surface area contributed by atoms with Gasteiger partial charge in [0.25, 0.3) is 0 Å². The van der Waals surface area contributed by atoms with Crippen molar-refractivity contribution in [2.45, 2.75) is 24.1 Å². The average Bonchev–Trinajstić information content (AvgIpc) is 3.25. The number of thiophene rings is 1. The SMILES string of the molecule is COC(=O)c1cc(C)c2c(c1)S(=O)(=O)Cc1cc(NCCNCc3cccs3)cc(Cl)c1O2. The van der Waals surface area contributed by atoms with Crippen molar-refractivity contribution in [1.82, 2.24) is 5.32 Å². The number of fused-ring (bicyclic) bond motifs is 2. The van der Waals surface area contributed by atoms with Crippen LogP contribution in [0.5, 0.6) is 11.5 Å². The van der Waals surface area contributed by atoms with E-state index in [1.54, 1.807) is 30.4 Å². The van der Waals surface area contributed by atoms with Gasteiger partial charge in [0, 0.05) is 35.8 Å². The van der Waals surface area contributed by atoms with Crippen LogP contribution in [-0.2, 0) is 26.9 Å². The molecular weight excluding hydrogens is 484 g/mol. The third-order valence-corrected chi connectivity index (χ3v) is 8.00. The van der Waals surface area contributed by atoms with E-state index in [1.807, 2.05) is 11.4 Å². The highest BCUT2D eigenvalue weighted by molar-refractivity contribution is 7.90. The number of hydrogen-bond acceptors (Lipinski definition) is 8. The van der Waals surface area contributed by atoms with E-state index < -0.39 is 15.8 Å². The van der Waals surface area contributed by atoms with Crippen LogP contribution >= 0.6 is 22.9 Å². The fourth-order valence-corrected chi connectivity index (χ4v) is 6.14. The van der Waals surface area contributed by atoms with Crippen molar-refractivity contribution >= 4 is 44.4 Å². The molecular formula is C23H23ClN2O5S2. The van der Waals surface area contributed by atoms with Crippen LogP contribution in [-0.4, -0.2) is 34.6 Å². The molecule has 1 aromatic heterocycles. The van der Waals surface area contributed by atoms with E-state index >= 15 is 0 Å². The highest BCUT2D eigenvalue weighted by Crippen LogP contribution is 2.44. The Morgan fingerprint density at radius 1 is 1.21 bits per heavy atom. The first kappa shape index (κ1) is 23.6. The number of halogens is 1. The summed E-state index contributed by atoms with van der Waals surface area (Å²) in [6, 6.07) is 10.4. The lowest BCUT2D eigenvalue weighted by molar-refractivity contribution is 0.0600. The number of rotatable bonds is 7. The second-order valence-electron chi connectivity index (χ2n) is 7.60. The minimum absolute atomic E-state index is 0.0533. The maximum Gasteiger partial charge on any atom is 0.337 e. The maximum atomic E-state index is 13.2. The molecule has 0 atom stereocenters. The third-order valence-electron chi connectivity index (χ3n) is 5.18. The van der Waals surface area contributed by atoms with Gasteiger partial charge in [-0.3, -0.25) is 0 Å². The first-order valence-corrected chi connectivity index (χ1v) is 13.1. The minimum Gasteiger partial charge on any atom is -0.465 e. The molecule has 0 fully saturated rings. The number of methoxy groups -OCH3 is 1. The first-order chi connectivity index (χ1) is 15.8. The smallest absolute Gasteiger partial charge is 0.337 e. The van der Waals surface area contributed by atoms with Gasteiger partial charge in [-0.2, -0.15) is 0 Å². The Labute approximate surface area is 201 Å². The molecule has 2 heterocycles. The van der Waals surface area contributed by atoms with Crippen LogP contribution in [0.15, 0.2) is 46.7 Å². The van der Waals surface area contributed by atoms with Crippen LogP contribution in [0.2, 0.25) is 5.02 Å². The standard InChI is InChI=1S/C23H23ClN2O5S2/c1-14-8-15(23(27)30-2)10-20-21(14)31-22-16(13-33(20,28)29)9-17(11-19(22)24)26-6-5-25-12-18-4-3-7-32-18/h3-4,7-11,25-26H,5-6,12-13H2,1-2H3. The average molecular weight is 507 g/mol. The molecule has 1 aliphatic rings. The van der Waals surface area contributed by atoms with E-state index in [2.05, 4.69) is 16.7 Å². The number of hydrogen-bond donors (Lipinski definition) is 2. The van der Waals surface area contributed by atoms with Gasteiger partial charge in [0.1, 0.15) is 16.4 Å². The third kappa shape index (κ3) is 5.16. The molecule has 7 nitrogen and oxygen atoms in total. The molecule has 10 heteroatoms. The van der Waals surface area contributed by atoms with E-state index in [0.717, 1.165) is 13.1 Å². The number of nitrogens with one attached hydrogen (secondary N) is 2. The van der Waals surface area contributed by atoms with Crippen LogP contribution < -0.4 is 15.4 Å². The molecule has 0 amide bonds. The number of carbonyl (C=O) groups excluding carboxylic acids is 1. The van der Waals surface area contributed by atoms with E-state index in [-0.39, 0.29) is 22.0 Å². The minimum atomic E-state index is -3.80. The molecule has 0 spiro atoms. The Morgan fingerprint density at radius 3 is 2.76 bits per heavy atom. The summed E-state index contributed by atoms with van der Waals surface area (Å²) in [5.41, 5.74) is 1.80. The number of benzene rings is 2. The number of anilines is 1. The fraction of sp³-hybridized carbons (Fsp3) is 0.261. The van der Waals surface area contributed by atoms with Crippen molar-refractivity contribution in [3.63, 3.8) is 0 Å². The normalized spacial score (nSPS) is 13.9. The number of carbonyl (C=O) groups is 1. The predicted octanol–water partition coefficient (Wildman–Crippen LogP) is 4.78. The lowest BCUT2D eigenvalue weighted by atomic mass is 10.1. The lowest BCUT2D eigenvalue weighted by Gasteiger charge is -2.15. The van der Waals surface area contributed by atoms with Crippen molar-refractivity contribution in [3.05, 3.63) is 68.4 Å². The molecule has 1 aliphatic heterocycles. The van der Waals surface area contributed by atoms with Gasteiger partial charge >= 0.3 is 5.97 Å². The molecule has 2 aromatic carbocycles. The zero-order valence-corrected chi connectivity index (χ0v) is 20.5. The summed E-state index contributed by atoms with van der Waals surface area (Å²) < 4.78 is 37.2. The Kier molecular flexibility index (Phi) is 6.94. The van der Waals surface area contributed by atoms with Crippen molar-refractivity contribution in [1.29, 1.82) is 0 Å². The molecule has 0 saturated carbocycles. The lowest BCUT2D eigenvalue weighted by Crippen LogP contribution is -2.21. The molecule has 174 valence electrons. The van der Waals surface area contributed by atoms with Crippen molar-refractivity contribution in [2.75, 3.05) is 25.5 Å². The van der Waals surface area contributed by atoms with Crippen LogP contribution in [0.3, 0.4) is 0 Å². The van der Waals surface area contributed by atoms with Crippen LogP contribution in [0.4, 0.5) is 5.69 Å². The van der Waals surface area contributed by atoms with Gasteiger partial charge in [-0.1, -0.05) is 17.7 Å². The van der Waals surface area contributed by atoms with Gasteiger partial charge in [0.15, 0.2) is 9.84 Å². The van der Waals surface area contributed by atoms with Gasteiger partial charge in [-0.15, -0.1) is 11.3 Å². The monoisotopic (exact) mass is 506 g/mol. The topological polar surface area (TPSA) is 93.7 Å². The van der Waals surface area contributed by atoms with E-state index in [1.165, 1.54) is 24.1 Å². The van der Waals surface area contributed by atoms with Crippen LogP contribution in [0, 0.1) is 6.92 Å². The largest absolute Gasteiger partial charge is 0.465 e. The van der Waals surface area contributed by atoms with Crippen LogP contribution in [0.25, 0.3) is 0 Å². The van der Waals surface area contributed by atoms with E-state index in [4.69, 9.17) is 21.1 Å². The summed E-state index contributed by atoms with van der Waals surface area (Å²) in [6.45, 7) is 3.83. The second kappa shape index (κ2) is 9.72. The molecule has 33 heavy (non-hydrogen) atoms. The molecule has 0 saturated heterocycles. The van der Waals surface area contributed by atoms with Crippen LogP contribution in [0.1, 0.15) is 26.4 Å².